The SMILES string of the molecule is O=C1c2c(-c3ccc(C4=CN=C([C@@H]5CCCN5)C4)cc3)ccc(-c3ccc4c(c3)CC([C@@H]3CCCN3)=N4)c2CC12CCCC2. The van der Waals surface area contributed by atoms with Gasteiger partial charge in [-0.05, 0) is 115 Å². The van der Waals surface area contributed by atoms with Gasteiger partial charge in [-0.15, -0.1) is 0 Å². The standard InChI is InChI=1S/C39H40N4O/c44-38-37-30(25-9-7-24(8-10-25)28-21-35(42-23-28)33-5-3-17-40-33)13-12-29(31(37)22-39(38)15-1-2-16-39)26-11-14-32-27(19-26)20-36(43-32)34-6-4-18-41-34/h7-14,19,23,33-34,40-41H,1-6,15-18,20-22H2/t33-,34-/m0/s1. The molecule has 2 N–H and O–H groups in total. The van der Waals surface area contributed by atoms with Gasteiger partial charge in [-0.3, -0.25) is 14.8 Å². The molecule has 0 amide bonds. The molecule has 2 atom stereocenters. The number of nitrogens with one attached hydrogen (secondary N) is 2. The average molecular weight is 581 g/mol. The van der Waals surface area contributed by atoms with Crippen molar-refractivity contribution in [3.8, 4) is 22.3 Å². The van der Waals surface area contributed by atoms with Gasteiger partial charge in [0.15, 0.2) is 5.78 Å². The molecule has 5 nitrogen and oxygen atoms in total. The molecule has 44 heavy (non-hydrogen) atoms. The highest BCUT2D eigenvalue weighted by atomic mass is 16.1. The van der Waals surface area contributed by atoms with E-state index in [1.54, 1.807) is 0 Å². The zero-order valence-electron chi connectivity index (χ0n) is 25.4. The van der Waals surface area contributed by atoms with Crippen molar-refractivity contribution >= 4 is 28.5 Å². The quantitative estimate of drug-likeness (QED) is 0.326. The van der Waals surface area contributed by atoms with Crippen LogP contribution in [0, 0.1) is 5.41 Å². The van der Waals surface area contributed by atoms with Crippen molar-refractivity contribution in [2.24, 2.45) is 15.4 Å². The molecule has 4 heterocycles. The van der Waals surface area contributed by atoms with Crippen molar-refractivity contribution < 1.29 is 4.79 Å². The number of nitrogens with zero attached hydrogens (tertiary/aromatic N) is 2. The smallest absolute Gasteiger partial charge is 0.170 e. The summed E-state index contributed by atoms with van der Waals surface area (Å²) in [7, 11) is 0. The maximum Gasteiger partial charge on any atom is 0.170 e. The van der Waals surface area contributed by atoms with E-state index in [0.29, 0.717) is 17.9 Å². The van der Waals surface area contributed by atoms with Gasteiger partial charge < -0.3 is 10.6 Å². The van der Waals surface area contributed by atoms with Gasteiger partial charge in [0.1, 0.15) is 0 Å². The predicted molar refractivity (Wildman–Crippen MR) is 179 cm³/mol. The minimum atomic E-state index is -0.217. The van der Waals surface area contributed by atoms with Crippen molar-refractivity contribution in [1.82, 2.24) is 10.6 Å². The first kappa shape index (κ1) is 26.7. The van der Waals surface area contributed by atoms with Gasteiger partial charge in [-0.25, -0.2) is 0 Å². The van der Waals surface area contributed by atoms with Crippen molar-refractivity contribution in [3.05, 3.63) is 83.1 Å². The van der Waals surface area contributed by atoms with Gasteiger partial charge in [-0.2, -0.15) is 0 Å². The fourth-order valence-electron chi connectivity index (χ4n) is 8.97. The third kappa shape index (κ3) is 4.31. The van der Waals surface area contributed by atoms with E-state index in [2.05, 4.69) is 71.4 Å². The Hall–Kier alpha value is -3.67. The number of hydrogen-bond acceptors (Lipinski definition) is 5. The van der Waals surface area contributed by atoms with Crippen LogP contribution in [0.15, 0.2) is 70.8 Å². The van der Waals surface area contributed by atoms with E-state index in [-0.39, 0.29) is 5.41 Å². The lowest BCUT2D eigenvalue weighted by Gasteiger charge is -2.20. The summed E-state index contributed by atoms with van der Waals surface area (Å²) < 4.78 is 0. The number of Topliss-reactive ketones (excluding diaryl/α,β-unsaturated/α-hetero) is 1. The first-order valence-electron chi connectivity index (χ1n) is 16.9. The molecule has 5 heteroatoms. The van der Waals surface area contributed by atoms with Crippen LogP contribution in [0.3, 0.4) is 0 Å². The van der Waals surface area contributed by atoms with Crippen LogP contribution in [0.1, 0.15) is 84.8 Å². The number of fused-ring (bicyclic) bond motifs is 2. The zero-order chi connectivity index (χ0) is 29.3. The maximum absolute atomic E-state index is 14.4. The molecule has 4 aliphatic heterocycles. The highest BCUT2D eigenvalue weighted by Gasteiger charge is 2.49. The topological polar surface area (TPSA) is 65.8 Å². The van der Waals surface area contributed by atoms with E-state index in [4.69, 9.17) is 9.98 Å². The van der Waals surface area contributed by atoms with Crippen LogP contribution in [0.5, 0.6) is 0 Å². The summed E-state index contributed by atoms with van der Waals surface area (Å²) in [6, 6.07) is 21.0. The highest BCUT2D eigenvalue weighted by molar-refractivity contribution is 6.12. The minimum absolute atomic E-state index is 0.217. The molecule has 1 spiro atoms. The minimum Gasteiger partial charge on any atom is -0.309 e. The molecular formula is C39H40N4O. The highest BCUT2D eigenvalue weighted by Crippen LogP contribution is 2.53. The predicted octanol–water partition coefficient (Wildman–Crippen LogP) is 7.64. The van der Waals surface area contributed by atoms with Crippen LogP contribution < -0.4 is 10.6 Å². The molecule has 2 saturated heterocycles. The van der Waals surface area contributed by atoms with Crippen LogP contribution in [0.4, 0.5) is 5.69 Å². The summed E-state index contributed by atoms with van der Waals surface area (Å²) in [6.07, 6.45) is 14.0. The van der Waals surface area contributed by atoms with Crippen LogP contribution in [-0.4, -0.2) is 42.4 Å². The van der Waals surface area contributed by atoms with Gasteiger partial charge in [0.25, 0.3) is 0 Å². The first-order chi connectivity index (χ1) is 21.6. The molecule has 3 aromatic rings. The fourth-order valence-corrected chi connectivity index (χ4v) is 8.97. The van der Waals surface area contributed by atoms with Crippen LogP contribution >= 0.6 is 0 Å². The molecule has 3 fully saturated rings. The van der Waals surface area contributed by atoms with E-state index in [0.717, 1.165) is 80.4 Å². The lowest BCUT2D eigenvalue weighted by Crippen LogP contribution is -2.30. The summed E-state index contributed by atoms with van der Waals surface area (Å²) in [5.41, 5.74) is 14.2. The number of carbonyl (C=O) groups excluding carboxylic acids is 1. The zero-order valence-corrected chi connectivity index (χ0v) is 25.4. The maximum atomic E-state index is 14.4. The Morgan fingerprint density at radius 3 is 2.18 bits per heavy atom. The number of hydrogen-bond donors (Lipinski definition) is 2. The summed E-state index contributed by atoms with van der Waals surface area (Å²) >= 11 is 0. The van der Waals surface area contributed by atoms with Gasteiger partial charge in [0, 0.05) is 53.5 Å². The van der Waals surface area contributed by atoms with Gasteiger partial charge in [0.2, 0.25) is 0 Å². The Kier molecular flexibility index (Phi) is 6.35. The molecule has 1 saturated carbocycles. The first-order valence-corrected chi connectivity index (χ1v) is 16.9. The van der Waals surface area contributed by atoms with Crippen molar-refractivity contribution in [3.63, 3.8) is 0 Å². The third-order valence-electron chi connectivity index (χ3n) is 11.4. The molecular weight excluding hydrogens is 540 g/mol. The number of aliphatic imine (C=N–C) groups is 2. The molecule has 6 aliphatic rings. The average Bonchev–Trinajstić information content (AvgIpc) is 3.90. The number of rotatable bonds is 5. The lowest BCUT2D eigenvalue weighted by molar-refractivity contribution is 0.0827. The number of allylic oxidation sites excluding steroid dienone is 1. The summed E-state index contributed by atoms with van der Waals surface area (Å²) in [6.45, 7) is 2.18. The summed E-state index contributed by atoms with van der Waals surface area (Å²) in [4.78, 5) is 24.1. The molecule has 9 rings (SSSR count). The largest absolute Gasteiger partial charge is 0.309 e. The molecule has 0 radical (unpaired) electrons. The van der Waals surface area contributed by atoms with E-state index in [9.17, 15) is 4.79 Å². The van der Waals surface area contributed by atoms with E-state index < -0.39 is 0 Å². The van der Waals surface area contributed by atoms with Crippen molar-refractivity contribution in [2.75, 3.05) is 13.1 Å². The van der Waals surface area contributed by atoms with Crippen LogP contribution in [0.2, 0.25) is 0 Å². The number of benzene rings is 3. The van der Waals surface area contributed by atoms with E-state index in [1.165, 1.54) is 70.5 Å². The number of ketones is 1. The number of carbonyl (C=O) groups is 1. The molecule has 0 bridgehead atoms. The monoisotopic (exact) mass is 580 g/mol. The second-order valence-corrected chi connectivity index (χ2v) is 14.0. The van der Waals surface area contributed by atoms with Crippen molar-refractivity contribution in [1.29, 1.82) is 0 Å². The lowest BCUT2D eigenvalue weighted by atomic mass is 9.81. The Labute approximate surface area is 260 Å². The second-order valence-electron chi connectivity index (χ2n) is 14.0. The normalized spacial score (nSPS) is 25.0. The molecule has 0 aromatic heterocycles. The van der Waals surface area contributed by atoms with Gasteiger partial charge in [-0.1, -0.05) is 55.3 Å². The van der Waals surface area contributed by atoms with Gasteiger partial charge in [0.05, 0.1) is 5.69 Å². The van der Waals surface area contributed by atoms with E-state index >= 15 is 0 Å². The van der Waals surface area contributed by atoms with Crippen molar-refractivity contribution in [2.45, 2.75) is 82.7 Å². The Morgan fingerprint density at radius 1 is 0.727 bits per heavy atom. The molecule has 2 aliphatic carbocycles. The molecule has 3 aromatic carbocycles. The Bertz CT molecular complexity index is 1760. The molecule has 222 valence electrons. The molecule has 0 unspecified atom stereocenters. The van der Waals surface area contributed by atoms with Crippen LogP contribution in [-0.2, 0) is 12.8 Å². The van der Waals surface area contributed by atoms with E-state index in [1.807, 2.05) is 0 Å². The fraction of sp³-hybridized carbons (Fsp3) is 0.410. The van der Waals surface area contributed by atoms with Gasteiger partial charge >= 0.3 is 0 Å². The summed E-state index contributed by atoms with van der Waals surface area (Å²) in [5.74, 6) is 0.380. The van der Waals surface area contributed by atoms with Crippen LogP contribution in [0.25, 0.3) is 27.8 Å². The third-order valence-corrected chi connectivity index (χ3v) is 11.4. The summed E-state index contributed by atoms with van der Waals surface area (Å²) in [5, 5.41) is 7.21. The Morgan fingerprint density at radius 2 is 1.43 bits per heavy atom. The second kappa shape index (κ2) is 10.5. The Balaban J connectivity index is 1.04.